The fourth-order valence-electron chi connectivity index (χ4n) is 2.55. The Hall–Kier alpha value is -3.34. The molecule has 1 aliphatic heterocycles. The number of hydrogen-bond acceptors (Lipinski definition) is 4. The van der Waals surface area contributed by atoms with Gasteiger partial charge in [0.2, 0.25) is 6.41 Å². The highest BCUT2D eigenvalue weighted by Gasteiger charge is 2.44. The van der Waals surface area contributed by atoms with Crippen LogP contribution in [0.15, 0.2) is 37.6 Å². The highest BCUT2D eigenvalue weighted by Crippen LogP contribution is 2.30. The molecule has 1 unspecified atom stereocenters. The first-order chi connectivity index (χ1) is 14.3. The Bertz CT molecular complexity index is 891. The molecule has 1 fully saturated rings. The van der Waals surface area contributed by atoms with Gasteiger partial charge in [0.1, 0.15) is 6.04 Å². The second-order valence-electron chi connectivity index (χ2n) is 5.80. The Morgan fingerprint density at radius 3 is 2.50 bits per heavy atom. The smallest absolute Gasteiger partial charge is 0.268 e. The average Bonchev–Trinajstić information content (AvgIpc) is 3.05. The molecule has 6 nitrogen and oxygen atoms in total. The van der Waals surface area contributed by atoms with Crippen molar-refractivity contribution < 1.29 is 18.4 Å². The Morgan fingerprint density at radius 2 is 2.03 bits per heavy atom. The first-order valence-electron chi connectivity index (χ1n) is 9.50. The lowest BCUT2D eigenvalue weighted by Crippen LogP contribution is -2.37. The Labute approximate surface area is 175 Å². The van der Waals surface area contributed by atoms with Crippen molar-refractivity contribution in [1.29, 1.82) is 5.26 Å². The normalized spacial score (nSPS) is 17.5. The van der Waals surface area contributed by atoms with Crippen molar-refractivity contribution in [2.45, 2.75) is 39.2 Å². The number of allylic oxidation sites excluding steroid dienone is 2. The molecule has 0 aliphatic carbocycles. The number of hydrogen-bond donors (Lipinski definition) is 1. The topological polar surface area (TPSA) is 86.1 Å². The summed E-state index contributed by atoms with van der Waals surface area (Å²) in [5.41, 5.74) is 0.592. The molecule has 30 heavy (non-hydrogen) atoms. The SMILES string of the molecule is C=C/C=c1/c(C(=O)NCC)ccn/c1=C/C=C.CC.N#CC1CC(F)(F)CN1C=O. The first kappa shape index (κ1) is 26.7. The molecular formula is C22H28F2N4O2. The van der Waals surface area contributed by atoms with Crippen molar-refractivity contribution in [1.82, 2.24) is 15.2 Å². The summed E-state index contributed by atoms with van der Waals surface area (Å²) in [5.74, 6) is -3.00. The van der Waals surface area contributed by atoms with Crippen LogP contribution in [-0.4, -0.2) is 47.3 Å². The van der Waals surface area contributed by atoms with Gasteiger partial charge < -0.3 is 10.2 Å². The maximum atomic E-state index is 12.5. The van der Waals surface area contributed by atoms with Crippen molar-refractivity contribution in [3.05, 3.63) is 53.7 Å². The minimum Gasteiger partial charge on any atom is -0.352 e. The van der Waals surface area contributed by atoms with Gasteiger partial charge in [-0.2, -0.15) is 5.26 Å². The Morgan fingerprint density at radius 1 is 1.40 bits per heavy atom. The van der Waals surface area contributed by atoms with Crippen LogP contribution >= 0.6 is 0 Å². The van der Waals surface area contributed by atoms with Crippen molar-refractivity contribution >= 4 is 24.5 Å². The molecule has 2 rings (SSSR count). The van der Waals surface area contributed by atoms with Gasteiger partial charge in [-0.05, 0) is 19.1 Å². The molecule has 1 aromatic rings. The quantitative estimate of drug-likeness (QED) is 0.743. The van der Waals surface area contributed by atoms with E-state index in [-0.39, 0.29) is 12.3 Å². The number of halogens is 2. The molecule has 1 atom stereocenters. The van der Waals surface area contributed by atoms with Crippen LogP contribution in [0.5, 0.6) is 0 Å². The van der Waals surface area contributed by atoms with E-state index >= 15 is 0 Å². The fourth-order valence-corrected chi connectivity index (χ4v) is 2.55. The van der Waals surface area contributed by atoms with Gasteiger partial charge in [-0.3, -0.25) is 14.6 Å². The molecular weight excluding hydrogens is 390 g/mol. The van der Waals surface area contributed by atoms with E-state index in [1.807, 2.05) is 20.8 Å². The van der Waals surface area contributed by atoms with Gasteiger partial charge in [-0.15, -0.1) is 0 Å². The molecule has 2 heterocycles. The number of nitrogens with one attached hydrogen (secondary N) is 1. The predicted octanol–water partition coefficient (Wildman–Crippen LogP) is 2.17. The molecule has 0 spiro atoms. The van der Waals surface area contributed by atoms with Gasteiger partial charge in [0, 0.05) is 24.4 Å². The van der Waals surface area contributed by atoms with Gasteiger partial charge in [0.25, 0.3) is 11.8 Å². The molecule has 162 valence electrons. The number of pyridine rings is 1. The summed E-state index contributed by atoms with van der Waals surface area (Å²) in [7, 11) is 0. The van der Waals surface area contributed by atoms with Crippen LogP contribution < -0.4 is 15.9 Å². The van der Waals surface area contributed by atoms with E-state index in [4.69, 9.17) is 5.26 Å². The minimum absolute atomic E-state index is 0.110. The highest BCUT2D eigenvalue weighted by atomic mass is 19.3. The molecule has 1 aliphatic rings. The summed E-state index contributed by atoms with van der Waals surface area (Å²) in [6, 6.07) is 2.37. The molecule has 2 amide bonds. The lowest BCUT2D eigenvalue weighted by atomic mass is 10.1. The summed E-state index contributed by atoms with van der Waals surface area (Å²) in [6.45, 7) is 13.1. The van der Waals surface area contributed by atoms with E-state index in [2.05, 4.69) is 23.5 Å². The van der Waals surface area contributed by atoms with Gasteiger partial charge in [0.15, 0.2) is 0 Å². The number of aromatic nitrogens is 1. The van der Waals surface area contributed by atoms with Crippen molar-refractivity contribution in [2.24, 2.45) is 0 Å². The van der Waals surface area contributed by atoms with Gasteiger partial charge in [-0.25, -0.2) is 8.78 Å². The van der Waals surface area contributed by atoms with E-state index in [1.165, 1.54) is 0 Å². The monoisotopic (exact) mass is 418 g/mol. The second kappa shape index (κ2) is 13.8. The average molecular weight is 418 g/mol. The van der Waals surface area contributed by atoms with Crippen LogP contribution in [0.3, 0.4) is 0 Å². The molecule has 1 N–H and O–H groups in total. The maximum absolute atomic E-state index is 12.5. The number of nitrogens with zero attached hydrogens (tertiary/aromatic N) is 3. The molecule has 0 aromatic carbocycles. The number of rotatable bonds is 5. The van der Waals surface area contributed by atoms with Gasteiger partial charge in [0.05, 0.1) is 23.5 Å². The van der Waals surface area contributed by atoms with E-state index in [0.717, 1.165) is 10.1 Å². The van der Waals surface area contributed by atoms with Gasteiger partial charge in [-0.1, -0.05) is 45.2 Å². The number of carbonyl (C=O) groups is 2. The predicted molar refractivity (Wildman–Crippen MR) is 114 cm³/mol. The van der Waals surface area contributed by atoms with Crippen LogP contribution in [0.2, 0.25) is 0 Å². The third-order valence-corrected chi connectivity index (χ3v) is 3.75. The summed E-state index contributed by atoms with van der Waals surface area (Å²) in [6.07, 6.45) is 8.17. The second-order valence-corrected chi connectivity index (χ2v) is 5.80. The number of nitriles is 1. The van der Waals surface area contributed by atoms with Crippen molar-refractivity contribution in [2.75, 3.05) is 13.1 Å². The van der Waals surface area contributed by atoms with Gasteiger partial charge >= 0.3 is 0 Å². The zero-order chi connectivity index (χ0) is 23.2. The molecule has 8 heteroatoms. The largest absolute Gasteiger partial charge is 0.352 e. The minimum atomic E-state index is -2.89. The Balaban J connectivity index is 0.000000557. The van der Waals surface area contributed by atoms with Crippen LogP contribution in [0.1, 0.15) is 37.6 Å². The Kier molecular flexibility index (Phi) is 12.2. The van der Waals surface area contributed by atoms with Crippen LogP contribution in [0.25, 0.3) is 12.2 Å². The zero-order valence-electron chi connectivity index (χ0n) is 17.6. The number of likely N-dealkylation sites (tertiary alicyclic amines) is 1. The number of amides is 2. The van der Waals surface area contributed by atoms with Crippen LogP contribution in [0, 0.1) is 11.3 Å². The van der Waals surface area contributed by atoms with Crippen LogP contribution in [0.4, 0.5) is 8.78 Å². The zero-order valence-corrected chi connectivity index (χ0v) is 17.6. The maximum Gasteiger partial charge on any atom is 0.268 e. The fraction of sp³-hybridized carbons (Fsp3) is 0.364. The lowest BCUT2D eigenvalue weighted by molar-refractivity contribution is -0.119. The molecule has 0 bridgehead atoms. The lowest BCUT2D eigenvalue weighted by Gasteiger charge is -2.10. The van der Waals surface area contributed by atoms with E-state index in [1.54, 1.807) is 42.6 Å². The van der Waals surface area contributed by atoms with Crippen LogP contribution in [-0.2, 0) is 4.79 Å². The summed E-state index contributed by atoms with van der Waals surface area (Å²) in [5, 5.41) is 12.6. The summed E-state index contributed by atoms with van der Waals surface area (Å²) >= 11 is 0. The molecule has 0 radical (unpaired) electrons. The van der Waals surface area contributed by atoms with E-state index < -0.39 is 24.9 Å². The van der Waals surface area contributed by atoms with E-state index in [0.29, 0.717) is 17.5 Å². The highest BCUT2D eigenvalue weighted by molar-refractivity contribution is 5.94. The van der Waals surface area contributed by atoms with E-state index in [9.17, 15) is 18.4 Å². The third-order valence-electron chi connectivity index (χ3n) is 3.75. The standard InChI is InChI=1S/C14H16N2O.C6H6F2N2O.C2H6/c1-4-7-11-12(14(17)15-6-3)9-10-16-13(11)8-5-2;7-6(8)1-5(2-9)10(3-6)4-11;1-2/h4-5,7-10H,1-2,6H2,3H3,(H,15,17);4-5H,1,3H2;1-2H3/b11-7-,13-8+;;. The molecule has 1 saturated heterocycles. The summed E-state index contributed by atoms with van der Waals surface area (Å²) < 4.78 is 24.9. The summed E-state index contributed by atoms with van der Waals surface area (Å²) in [4.78, 5) is 27.0. The number of carbonyl (C=O) groups excluding carboxylic acids is 2. The number of alkyl halides is 2. The van der Waals surface area contributed by atoms with Crippen molar-refractivity contribution in [3.63, 3.8) is 0 Å². The molecule has 1 aromatic heterocycles. The molecule has 0 saturated carbocycles. The van der Waals surface area contributed by atoms with Crippen molar-refractivity contribution in [3.8, 4) is 6.07 Å². The first-order valence-corrected chi connectivity index (χ1v) is 9.50. The third kappa shape index (κ3) is 7.95.